The molecular weight excluding hydrogens is 718 g/mol. The second kappa shape index (κ2) is 15.3. The maximum absolute atomic E-state index is 14.6. The number of amides is 2. The lowest BCUT2D eigenvalue weighted by molar-refractivity contribution is -0.115. The minimum absolute atomic E-state index is 0.0152. The summed E-state index contributed by atoms with van der Waals surface area (Å²) >= 11 is 6.45. The van der Waals surface area contributed by atoms with Gasteiger partial charge in [0.15, 0.2) is 0 Å². The monoisotopic (exact) mass is 763 g/mol. The van der Waals surface area contributed by atoms with Crippen molar-refractivity contribution >= 4 is 45.3 Å². The van der Waals surface area contributed by atoms with Crippen LogP contribution in [0, 0.1) is 17.8 Å². The molecule has 53 heavy (non-hydrogen) atoms. The van der Waals surface area contributed by atoms with Gasteiger partial charge in [-0.25, -0.2) is 4.21 Å². The summed E-state index contributed by atoms with van der Waals surface area (Å²) in [6.07, 6.45) is 11.2. The van der Waals surface area contributed by atoms with E-state index in [1.54, 1.807) is 25.2 Å². The van der Waals surface area contributed by atoms with Gasteiger partial charge in [-0.1, -0.05) is 36.7 Å². The highest BCUT2D eigenvalue weighted by atomic mass is 35.5. The summed E-state index contributed by atoms with van der Waals surface area (Å²) in [5.41, 5.74) is 3.21. The van der Waals surface area contributed by atoms with Crippen LogP contribution in [0.3, 0.4) is 0 Å². The highest BCUT2D eigenvalue weighted by molar-refractivity contribution is 7.92. The largest absolute Gasteiger partial charge is 0.490 e. The van der Waals surface area contributed by atoms with E-state index in [0.29, 0.717) is 36.9 Å². The van der Waals surface area contributed by atoms with Gasteiger partial charge in [0.1, 0.15) is 34.1 Å². The van der Waals surface area contributed by atoms with E-state index in [1.165, 1.54) is 29.1 Å². The molecule has 3 aromatic rings. The number of aryl methyl sites for hydroxylation is 2. The van der Waals surface area contributed by atoms with Crippen LogP contribution in [0.4, 0.5) is 5.69 Å². The first kappa shape index (κ1) is 37.1. The van der Waals surface area contributed by atoms with Crippen LogP contribution in [-0.4, -0.2) is 77.4 Å². The van der Waals surface area contributed by atoms with E-state index in [0.717, 1.165) is 44.1 Å². The third-order valence-electron chi connectivity index (χ3n) is 11.1. The van der Waals surface area contributed by atoms with Crippen LogP contribution >= 0.6 is 11.6 Å². The molecule has 2 aliphatic heterocycles. The molecular formula is C39H46ClN5O7S. The van der Waals surface area contributed by atoms with Gasteiger partial charge in [0.05, 0.1) is 31.3 Å². The number of benzene rings is 2. The van der Waals surface area contributed by atoms with Gasteiger partial charge < -0.3 is 23.9 Å². The number of nitrogens with zero attached hydrogens (tertiary/aromatic N) is 4. The van der Waals surface area contributed by atoms with Crippen molar-refractivity contribution < 1.29 is 32.8 Å². The van der Waals surface area contributed by atoms with Crippen molar-refractivity contribution in [3.05, 3.63) is 82.0 Å². The molecule has 0 saturated heterocycles. The molecule has 3 heterocycles. The second-order valence-corrected chi connectivity index (χ2v) is 17.3. The van der Waals surface area contributed by atoms with Crippen LogP contribution in [-0.2, 0) is 38.3 Å². The Balaban J connectivity index is 1.31. The van der Waals surface area contributed by atoms with Crippen molar-refractivity contribution in [2.24, 2.45) is 29.2 Å². The van der Waals surface area contributed by atoms with Crippen molar-refractivity contribution in [3.8, 4) is 11.6 Å². The standard InChI is InChI=1S/C39H46ClN5O7S/c1-25-6-4-8-34(51-17-16-46)30-12-9-28(30)20-45-23-39(15-5-7-26-18-29(40)11-13-32(26)39)24-52-35-14-10-27(19-33(35)45)36(47)42-53(49,22-25)43-37(48)31-21-44(2)41-38(31)50-3/h4,8,10-11,13-14,16,18-19,21,25,28,30,34H,5-7,9,12,15,17,20,22-24H2,1-3H3,(H,42,43,47,48,49)/b8-4+/t25-,28-,30+,34-,39-,53?/m0/s1. The fourth-order valence-electron chi connectivity index (χ4n) is 8.42. The molecule has 2 bridgehead atoms. The summed E-state index contributed by atoms with van der Waals surface area (Å²) < 4.78 is 40.9. The lowest BCUT2D eigenvalue weighted by atomic mass is 9.68. The number of methoxy groups -OCH3 is 1. The van der Waals surface area contributed by atoms with Crippen LogP contribution in [0.25, 0.3) is 0 Å². The predicted octanol–water partition coefficient (Wildman–Crippen LogP) is 5.71. The van der Waals surface area contributed by atoms with Crippen LogP contribution < -0.4 is 19.1 Å². The summed E-state index contributed by atoms with van der Waals surface area (Å²) in [6, 6.07) is 11.4. The minimum Gasteiger partial charge on any atom is -0.490 e. The first-order chi connectivity index (χ1) is 25.5. The molecule has 2 aromatic carbocycles. The summed E-state index contributed by atoms with van der Waals surface area (Å²) in [6.45, 7) is 3.67. The molecule has 2 aliphatic carbocycles. The van der Waals surface area contributed by atoms with Crippen LogP contribution in [0.15, 0.2) is 59.1 Å². The van der Waals surface area contributed by atoms with Crippen molar-refractivity contribution in [2.75, 3.05) is 44.1 Å². The smallest absolute Gasteiger partial charge is 0.286 e. The Hall–Kier alpha value is -4.20. The van der Waals surface area contributed by atoms with Crippen molar-refractivity contribution in [1.29, 1.82) is 0 Å². The topological polar surface area (TPSA) is 141 Å². The molecule has 4 aliphatic rings. The van der Waals surface area contributed by atoms with E-state index in [9.17, 15) is 18.6 Å². The number of hydrogen-bond acceptors (Lipinski definition) is 9. The zero-order chi connectivity index (χ0) is 37.3. The average molecular weight is 764 g/mol. The first-order valence-corrected chi connectivity index (χ1v) is 20.3. The fourth-order valence-corrected chi connectivity index (χ4v) is 10.5. The molecule has 1 spiro atoms. The van der Waals surface area contributed by atoms with Crippen molar-refractivity contribution in [3.63, 3.8) is 0 Å². The van der Waals surface area contributed by atoms with E-state index >= 15 is 0 Å². The molecule has 7 rings (SSSR count). The SMILES string of the molecule is COc1nn(C)cc1C(=O)NS1(=O)=NC(=O)c2ccc3c(c2)N(C[C@@H]2CC[C@H]2[C@@H](OCC=O)/C=C/C[C@H](C)C1)C[C@@]1(CCCc2cc(Cl)ccc21)CO3. The number of fused-ring (bicyclic) bond motifs is 4. The Morgan fingerprint density at radius 3 is 2.85 bits per heavy atom. The van der Waals surface area contributed by atoms with E-state index in [-0.39, 0.29) is 58.6 Å². The number of halogens is 1. The first-order valence-electron chi connectivity index (χ1n) is 18.2. The van der Waals surface area contributed by atoms with E-state index in [1.807, 2.05) is 25.1 Å². The minimum atomic E-state index is -3.65. The molecule has 282 valence electrons. The van der Waals surface area contributed by atoms with Gasteiger partial charge >= 0.3 is 0 Å². The lowest BCUT2D eigenvalue weighted by Crippen LogP contribution is -2.49. The van der Waals surface area contributed by atoms with Crippen LogP contribution in [0.5, 0.6) is 11.6 Å². The molecule has 6 atom stereocenters. The predicted molar refractivity (Wildman–Crippen MR) is 202 cm³/mol. The van der Waals surface area contributed by atoms with Gasteiger partial charge in [-0.3, -0.25) is 19.0 Å². The Labute approximate surface area is 315 Å². The number of allylic oxidation sites excluding steroid dienone is 1. The molecule has 1 fully saturated rings. The highest BCUT2D eigenvalue weighted by Gasteiger charge is 2.44. The van der Waals surface area contributed by atoms with Gasteiger partial charge in [-0.2, -0.15) is 0 Å². The number of rotatable bonds is 6. The molecule has 1 saturated carbocycles. The number of carbonyl (C=O) groups is 3. The van der Waals surface area contributed by atoms with Crippen molar-refractivity contribution in [1.82, 2.24) is 14.5 Å². The molecule has 1 N–H and O–H groups in total. The van der Waals surface area contributed by atoms with E-state index in [4.69, 9.17) is 25.8 Å². The lowest BCUT2D eigenvalue weighted by Gasteiger charge is -2.46. The third-order valence-corrected chi connectivity index (χ3v) is 13.3. The molecule has 14 heteroatoms. The van der Waals surface area contributed by atoms with Crippen LogP contribution in [0.2, 0.25) is 5.02 Å². The van der Waals surface area contributed by atoms with Gasteiger partial charge in [0, 0.05) is 42.3 Å². The van der Waals surface area contributed by atoms with Gasteiger partial charge in [0.25, 0.3) is 11.8 Å². The number of nitrogens with one attached hydrogen (secondary N) is 1. The fraction of sp³-hybridized carbons (Fsp3) is 0.487. The molecule has 2 amide bonds. The molecule has 1 unspecified atom stereocenters. The summed E-state index contributed by atoms with van der Waals surface area (Å²) in [7, 11) is -0.618. The number of anilines is 1. The number of ether oxygens (including phenoxy) is 3. The average Bonchev–Trinajstić information content (AvgIpc) is 3.43. The van der Waals surface area contributed by atoms with E-state index in [2.05, 4.69) is 31.2 Å². The van der Waals surface area contributed by atoms with Gasteiger partial charge in [-0.05, 0) is 97.7 Å². The second-order valence-electron chi connectivity index (χ2n) is 14.9. The maximum Gasteiger partial charge on any atom is 0.286 e. The summed E-state index contributed by atoms with van der Waals surface area (Å²) in [5.74, 6) is -0.602. The zero-order valence-electron chi connectivity index (χ0n) is 30.3. The van der Waals surface area contributed by atoms with Crippen LogP contribution in [0.1, 0.15) is 70.9 Å². The van der Waals surface area contributed by atoms with Crippen molar-refractivity contribution in [2.45, 2.75) is 57.0 Å². The number of carbonyl (C=O) groups excluding carboxylic acids is 3. The number of aromatic nitrogens is 2. The normalized spacial score (nSPS) is 29.0. The Kier molecular flexibility index (Phi) is 10.7. The molecule has 0 radical (unpaired) electrons. The Bertz CT molecular complexity index is 2060. The third kappa shape index (κ3) is 7.74. The quantitative estimate of drug-likeness (QED) is 0.247. The highest BCUT2D eigenvalue weighted by Crippen LogP contribution is 2.47. The summed E-state index contributed by atoms with van der Waals surface area (Å²) in [4.78, 5) is 41.3. The number of hydrogen-bond donors (Lipinski definition) is 1. The number of aldehydes is 1. The molecule has 12 nitrogen and oxygen atoms in total. The Morgan fingerprint density at radius 2 is 2.08 bits per heavy atom. The van der Waals surface area contributed by atoms with E-state index < -0.39 is 21.7 Å². The molecule has 1 aromatic heterocycles. The van der Waals surface area contributed by atoms with Gasteiger partial charge in [-0.15, -0.1) is 9.46 Å². The summed E-state index contributed by atoms with van der Waals surface area (Å²) in [5, 5.41) is 4.85. The maximum atomic E-state index is 14.6. The Morgan fingerprint density at radius 1 is 1.23 bits per heavy atom. The zero-order valence-corrected chi connectivity index (χ0v) is 31.9. The van der Waals surface area contributed by atoms with Gasteiger partial charge in [0.2, 0.25) is 5.88 Å².